The zero-order valence-electron chi connectivity index (χ0n) is 8.39. The predicted octanol–water partition coefficient (Wildman–Crippen LogP) is 4.06. The van der Waals surface area contributed by atoms with Crippen molar-refractivity contribution in [1.82, 2.24) is 0 Å². The summed E-state index contributed by atoms with van der Waals surface area (Å²) in [7, 11) is 0. The number of rotatable bonds is 4. The minimum Gasteiger partial charge on any atom is -0.492 e. The summed E-state index contributed by atoms with van der Waals surface area (Å²) in [5.41, 5.74) is 1.15. The van der Waals surface area contributed by atoms with Crippen LogP contribution >= 0.6 is 27.5 Å². The average Bonchev–Trinajstić information content (AvgIpc) is 2.16. The van der Waals surface area contributed by atoms with Crippen LogP contribution in [0.4, 0.5) is 0 Å². The lowest BCUT2D eigenvalue weighted by atomic mass is 10.2. The number of alkyl halides is 1. The van der Waals surface area contributed by atoms with Crippen LogP contribution in [0.15, 0.2) is 18.2 Å². The molecule has 0 aliphatic heterocycles. The SMILES string of the molecule is Cc1ccc(OCC(C)CBr)c(Cl)c1. The van der Waals surface area contributed by atoms with Crippen LogP contribution in [0.5, 0.6) is 5.75 Å². The zero-order chi connectivity index (χ0) is 10.6. The number of hydrogen-bond acceptors (Lipinski definition) is 1. The molecule has 0 radical (unpaired) electrons. The van der Waals surface area contributed by atoms with Gasteiger partial charge < -0.3 is 4.74 Å². The summed E-state index contributed by atoms with van der Waals surface area (Å²) in [6.07, 6.45) is 0. The van der Waals surface area contributed by atoms with E-state index in [1.165, 1.54) is 0 Å². The van der Waals surface area contributed by atoms with Crippen LogP contribution in [-0.4, -0.2) is 11.9 Å². The molecule has 3 heteroatoms. The van der Waals surface area contributed by atoms with Crippen molar-refractivity contribution in [1.29, 1.82) is 0 Å². The molecule has 0 aromatic heterocycles. The van der Waals surface area contributed by atoms with Crippen LogP contribution in [0.2, 0.25) is 5.02 Å². The minimum absolute atomic E-state index is 0.493. The molecule has 78 valence electrons. The van der Waals surface area contributed by atoms with Crippen LogP contribution in [0.25, 0.3) is 0 Å². The van der Waals surface area contributed by atoms with Gasteiger partial charge in [0.15, 0.2) is 0 Å². The van der Waals surface area contributed by atoms with Crippen LogP contribution in [0.3, 0.4) is 0 Å². The molecule has 1 rings (SSSR count). The highest BCUT2D eigenvalue weighted by molar-refractivity contribution is 9.09. The van der Waals surface area contributed by atoms with E-state index in [1.807, 2.05) is 25.1 Å². The molecule has 1 nitrogen and oxygen atoms in total. The van der Waals surface area contributed by atoms with Crippen LogP contribution in [0, 0.1) is 12.8 Å². The van der Waals surface area contributed by atoms with Crippen molar-refractivity contribution in [3.8, 4) is 5.75 Å². The summed E-state index contributed by atoms with van der Waals surface area (Å²) in [6.45, 7) is 4.82. The van der Waals surface area contributed by atoms with Gasteiger partial charge >= 0.3 is 0 Å². The average molecular weight is 278 g/mol. The third-order valence-corrected chi connectivity index (χ3v) is 3.27. The zero-order valence-corrected chi connectivity index (χ0v) is 10.7. The van der Waals surface area contributed by atoms with Crippen molar-refractivity contribution in [3.63, 3.8) is 0 Å². The molecular formula is C11H14BrClO. The normalized spacial score (nSPS) is 12.6. The molecule has 0 heterocycles. The second kappa shape index (κ2) is 5.62. The summed E-state index contributed by atoms with van der Waals surface area (Å²) >= 11 is 9.42. The fraction of sp³-hybridized carbons (Fsp3) is 0.455. The summed E-state index contributed by atoms with van der Waals surface area (Å²) in [5.74, 6) is 1.26. The third kappa shape index (κ3) is 3.50. The number of hydrogen-bond donors (Lipinski definition) is 0. The predicted molar refractivity (Wildman–Crippen MR) is 64.6 cm³/mol. The Morgan fingerprint density at radius 2 is 2.21 bits per heavy atom. The lowest BCUT2D eigenvalue weighted by Crippen LogP contribution is -2.09. The Kier molecular flexibility index (Phi) is 4.76. The molecule has 0 aliphatic carbocycles. The Morgan fingerprint density at radius 3 is 2.79 bits per heavy atom. The first-order valence-electron chi connectivity index (χ1n) is 4.58. The summed E-state index contributed by atoms with van der Waals surface area (Å²) < 4.78 is 5.58. The van der Waals surface area contributed by atoms with Gasteiger partial charge in [-0.1, -0.05) is 40.5 Å². The smallest absolute Gasteiger partial charge is 0.137 e. The fourth-order valence-electron chi connectivity index (χ4n) is 1.000. The van der Waals surface area contributed by atoms with Crippen LogP contribution < -0.4 is 4.74 Å². The van der Waals surface area contributed by atoms with E-state index in [1.54, 1.807) is 0 Å². The monoisotopic (exact) mass is 276 g/mol. The van der Waals surface area contributed by atoms with Crippen molar-refractivity contribution in [2.24, 2.45) is 5.92 Å². The maximum absolute atomic E-state index is 6.02. The molecular weight excluding hydrogens is 263 g/mol. The Morgan fingerprint density at radius 1 is 1.50 bits per heavy atom. The Bertz CT molecular complexity index is 301. The molecule has 1 aromatic rings. The Hall–Kier alpha value is -0.210. The summed E-state index contributed by atoms with van der Waals surface area (Å²) in [5, 5.41) is 1.63. The molecule has 0 fully saturated rings. The fourth-order valence-corrected chi connectivity index (χ4v) is 1.48. The van der Waals surface area contributed by atoms with E-state index in [4.69, 9.17) is 16.3 Å². The van der Waals surface area contributed by atoms with E-state index >= 15 is 0 Å². The highest BCUT2D eigenvalue weighted by atomic mass is 79.9. The first-order valence-corrected chi connectivity index (χ1v) is 6.08. The third-order valence-electron chi connectivity index (χ3n) is 1.87. The molecule has 0 N–H and O–H groups in total. The highest BCUT2D eigenvalue weighted by Gasteiger charge is 2.04. The second-order valence-electron chi connectivity index (χ2n) is 3.50. The number of halogens is 2. The quantitative estimate of drug-likeness (QED) is 0.754. The lowest BCUT2D eigenvalue weighted by Gasteiger charge is -2.11. The van der Waals surface area contributed by atoms with E-state index in [2.05, 4.69) is 22.9 Å². The van der Waals surface area contributed by atoms with E-state index in [9.17, 15) is 0 Å². The Labute approximate surface area is 98.5 Å². The van der Waals surface area contributed by atoms with Gasteiger partial charge in [0.1, 0.15) is 5.75 Å². The van der Waals surface area contributed by atoms with Crippen molar-refractivity contribution in [2.75, 3.05) is 11.9 Å². The maximum atomic E-state index is 6.02. The first-order chi connectivity index (χ1) is 6.63. The topological polar surface area (TPSA) is 9.23 Å². The van der Waals surface area contributed by atoms with Gasteiger partial charge in [-0.15, -0.1) is 0 Å². The van der Waals surface area contributed by atoms with Gasteiger partial charge in [0.25, 0.3) is 0 Å². The van der Waals surface area contributed by atoms with Gasteiger partial charge in [-0.25, -0.2) is 0 Å². The van der Waals surface area contributed by atoms with Crippen molar-refractivity contribution in [2.45, 2.75) is 13.8 Å². The Balaban J connectivity index is 2.59. The van der Waals surface area contributed by atoms with E-state index < -0.39 is 0 Å². The molecule has 0 aliphatic rings. The summed E-state index contributed by atoms with van der Waals surface area (Å²) in [4.78, 5) is 0. The molecule has 1 aromatic carbocycles. The first kappa shape index (κ1) is 11.9. The van der Waals surface area contributed by atoms with E-state index in [0.717, 1.165) is 16.6 Å². The van der Waals surface area contributed by atoms with Crippen molar-refractivity contribution < 1.29 is 4.74 Å². The molecule has 0 saturated heterocycles. The molecule has 0 saturated carbocycles. The van der Waals surface area contributed by atoms with E-state index in [-0.39, 0.29) is 0 Å². The molecule has 1 unspecified atom stereocenters. The number of ether oxygens (including phenoxy) is 1. The van der Waals surface area contributed by atoms with E-state index in [0.29, 0.717) is 17.5 Å². The lowest BCUT2D eigenvalue weighted by molar-refractivity contribution is 0.274. The highest BCUT2D eigenvalue weighted by Crippen LogP contribution is 2.25. The molecule has 1 atom stereocenters. The summed E-state index contributed by atoms with van der Waals surface area (Å²) in [6, 6.07) is 5.83. The van der Waals surface area contributed by atoms with Gasteiger partial charge in [0.2, 0.25) is 0 Å². The second-order valence-corrected chi connectivity index (χ2v) is 4.56. The van der Waals surface area contributed by atoms with Gasteiger partial charge in [-0.3, -0.25) is 0 Å². The van der Waals surface area contributed by atoms with Gasteiger partial charge in [0, 0.05) is 5.33 Å². The number of aryl methyl sites for hydroxylation is 1. The molecule has 0 spiro atoms. The standard InChI is InChI=1S/C11H14BrClO/c1-8-3-4-11(10(13)5-8)14-7-9(2)6-12/h3-5,9H,6-7H2,1-2H3. The number of benzene rings is 1. The maximum Gasteiger partial charge on any atom is 0.137 e. The molecule has 0 amide bonds. The molecule has 14 heavy (non-hydrogen) atoms. The van der Waals surface area contributed by atoms with Crippen molar-refractivity contribution >= 4 is 27.5 Å². The molecule has 0 bridgehead atoms. The minimum atomic E-state index is 0.493. The van der Waals surface area contributed by atoms with Crippen LogP contribution in [0.1, 0.15) is 12.5 Å². The van der Waals surface area contributed by atoms with Crippen molar-refractivity contribution in [3.05, 3.63) is 28.8 Å². The van der Waals surface area contributed by atoms with Gasteiger partial charge in [0.05, 0.1) is 11.6 Å². The van der Waals surface area contributed by atoms with Gasteiger partial charge in [-0.05, 0) is 30.5 Å². The van der Waals surface area contributed by atoms with Gasteiger partial charge in [-0.2, -0.15) is 0 Å². The van der Waals surface area contributed by atoms with Crippen LogP contribution in [-0.2, 0) is 0 Å². The largest absolute Gasteiger partial charge is 0.492 e.